The Hall–Kier alpha value is -1.95. The molecule has 3 unspecified atom stereocenters. The van der Waals surface area contributed by atoms with Crippen LogP contribution in [0.25, 0.3) is 6.08 Å². The molecule has 0 saturated carbocycles. The van der Waals surface area contributed by atoms with E-state index in [1.807, 2.05) is 53.7 Å². The van der Waals surface area contributed by atoms with Crippen molar-refractivity contribution in [3.8, 4) is 0 Å². The van der Waals surface area contributed by atoms with Gasteiger partial charge < -0.3 is 19.7 Å². The third-order valence-electron chi connectivity index (χ3n) is 6.57. The van der Waals surface area contributed by atoms with Gasteiger partial charge in [-0.25, -0.2) is 4.79 Å². The van der Waals surface area contributed by atoms with Crippen molar-refractivity contribution in [1.29, 1.82) is 0 Å². The zero-order valence-electron chi connectivity index (χ0n) is 18.4. The predicted octanol–water partition coefficient (Wildman–Crippen LogP) is 4.64. The second-order valence-corrected chi connectivity index (χ2v) is 9.24. The molecule has 2 aliphatic rings. The summed E-state index contributed by atoms with van der Waals surface area (Å²) < 4.78 is 12.3. The monoisotopic (exact) mass is 400 g/mol. The molecular weight excluding hydrogens is 368 g/mol. The minimum Gasteiger partial charge on any atom is -0.478 e. The lowest BCUT2D eigenvalue weighted by Gasteiger charge is -2.49. The zero-order valence-corrected chi connectivity index (χ0v) is 18.4. The van der Waals surface area contributed by atoms with Gasteiger partial charge in [0, 0.05) is 11.8 Å². The van der Waals surface area contributed by atoms with Crippen molar-refractivity contribution in [2.75, 3.05) is 0 Å². The van der Waals surface area contributed by atoms with E-state index in [0.29, 0.717) is 17.5 Å². The second-order valence-electron chi connectivity index (χ2n) is 9.24. The first-order valence-electron chi connectivity index (χ1n) is 10.1. The van der Waals surface area contributed by atoms with Crippen LogP contribution in [0.3, 0.4) is 0 Å². The van der Waals surface area contributed by atoms with Gasteiger partial charge in [-0.05, 0) is 69.0 Å². The van der Waals surface area contributed by atoms with Gasteiger partial charge in [-0.3, -0.25) is 0 Å². The number of carboxylic acids is 1. The fourth-order valence-corrected chi connectivity index (χ4v) is 4.67. The molecule has 3 rings (SSSR count). The van der Waals surface area contributed by atoms with Crippen LogP contribution in [0.15, 0.2) is 29.9 Å². The largest absolute Gasteiger partial charge is 0.478 e. The van der Waals surface area contributed by atoms with E-state index in [-0.39, 0.29) is 17.8 Å². The number of carbonyl (C=O) groups is 1. The van der Waals surface area contributed by atoms with E-state index in [4.69, 9.17) is 9.47 Å². The first kappa shape index (κ1) is 21.8. The maximum Gasteiger partial charge on any atom is 0.336 e. The molecule has 0 radical (unpaired) electrons. The van der Waals surface area contributed by atoms with Crippen LogP contribution >= 0.6 is 0 Å². The smallest absolute Gasteiger partial charge is 0.336 e. The normalized spacial score (nSPS) is 34.0. The summed E-state index contributed by atoms with van der Waals surface area (Å²) in [5, 5.41) is 21.4. The zero-order chi connectivity index (χ0) is 21.8. The van der Waals surface area contributed by atoms with Crippen molar-refractivity contribution in [3.63, 3.8) is 0 Å². The summed E-state index contributed by atoms with van der Waals surface area (Å²) in [6.45, 7) is 13.5. The second kappa shape index (κ2) is 7.08. The summed E-state index contributed by atoms with van der Waals surface area (Å²) in [4.78, 5) is 11.8. The van der Waals surface area contributed by atoms with Gasteiger partial charge in [-0.2, -0.15) is 0 Å². The lowest BCUT2D eigenvalue weighted by atomic mass is 9.63. The van der Waals surface area contributed by atoms with Crippen LogP contribution in [0.2, 0.25) is 0 Å². The molecule has 29 heavy (non-hydrogen) atoms. The Morgan fingerprint density at radius 2 is 1.66 bits per heavy atom. The highest BCUT2D eigenvalue weighted by molar-refractivity contribution is 5.94. The molecule has 0 amide bonds. The number of rotatable bonds is 3. The molecule has 5 nitrogen and oxygen atoms in total. The fourth-order valence-electron chi connectivity index (χ4n) is 4.67. The summed E-state index contributed by atoms with van der Waals surface area (Å²) in [5.74, 6) is -1.81. The van der Waals surface area contributed by atoms with Crippen molar-refractivity contribution < 1.29 is 24.5 Å². The Labute approximate surface area is 173 Å². The molecule has 158 valence electrons. The highest BCUT2D eigenvalue weighted by atomic mass is 16.8. The topological polar surface area (TPSA) is 76.0 Å². The third kappa shape index (κ3) is 3.56. The van der Waals surface area contributed by atoms with Crippen molar-refractivity contribution >= 4 is 12.0 Å². The van der Waals surface area contributed by atoms with Crippen LogP contribution in [0.1, 0.15) is 68.1 Å². The van der Waals surface area contributed by atoms with E-state index in [9.17, 15) is 15.0 Å². The van der Waals surface area contributed by atoms with Gasteiger partial charge >= 0.3 is 5.97 Å². The molecular formula is C24H32O5. The highest BCUT2D eigenvalue weighted by Gasteiger charge is 2.56. The Kier molecular flexibility index (Phi) is 5.31. The molecule has 0 bridgehead atoms. The Bertz CT molecular complexity index is 885. The van der Waals surface area contributed by atoms with Crippen LogP contribution in [0.5, 0.6) is 0 Å². The number of ether oxygens (including phenoxy) is 2. The standard InChI is InChI=1S/C24H32O5/c1-14-8-9-15(2)20(21(25)26)19(14)10-11-24(27)16(3)12-23(13-22(24,6)7)28-17(4)18(5)29-23/h8-12,17-18,27H,13H2,1-7H3,(H,25,26). The van der Waals surface area contributed by atoms with Gasteiger partial charge in [0.15, 0.2) is 5.79 Å². The van der Waals surface area contributed by atoms with E-state index in [1.54, 1.807) is 25.1 Å². The summed E-state index contributed by atoms with van der Waals surface area (Å²) in [6.07, 6.45) is 5.79. The van der Waals surface area contributed by atoms with Gasteiger partial charge in [0.05, 0.1) is 17.8 Å². The number of hydrogen-bond acceptors (Lipinski definition) is 4. The molecule has 2 N–H and O–H groups in total. The van der Waals surface area contributed by atoms with Crippen molar-refractivity contribution in [2.45, 2.75) is 78.5 Å². The van der Waals surface area contributed by atoms with Crippen LogP contribution in [-0.4, -0.2) is 39.8 Å². The van der Waals surface area contributed by atoms with E-state index in [2.05, 4.69) is 0 Å². The van der Waals surface area contributed by atoms with Crippen LogP contribution in [-0.2, 0) is 9.47 Å². The van der Waals surface area contributed by atoms with Crippen molar-refractivity contribution in [1.82, 2.24) is 0 Å². The van der Waals surface area contributed by atoms with Crippen LogP contribution < -0.4 is 0 Å². The van der Waals surface area contributed by atoms with Gasteiger partial charge in [0.25, 0.3) is 0 Å². The molecule has 3 atom stereocenters. The lowest BCUT2D eigenvalue weighted by molar-refractivity contribution is -0.183. The fraction of sp³-hybridized carbons (Fsp3) is 0.542. The highest BCUT2D eigenvalue weighted by Crippen LogP contribution is 2.52. The predicted molar refractivity (Wildman–Crippen MR) is 113 cm³/mol. The molecule has 1 aliphatic heterocycles. The molecule has 1 aromatic rings. The average molecular weight is 401 g/mol. The summed E-state index contributed by atoms with van der Waals surface area (Å²) in [7, 11) is 0. The molecule has 5 heteroatoms. The number of carboxylic acid groups (broad SMARTS) is 1. The SMILES string of the molecule is CC1=CC2(CC(C)(C)C1(O)C=Cc1c(C)ccc(C)c1C(=O)O)OC(C)C(C)O2. The molecule has 1 fully saturated rings. The molecule has 1 aromatic carbocycles. The van der Waals surface area contributed by atoms with Crippen molar-refractivity contribution in [2.24, 2.45) is 5.41 Å². The van der Waals surface area contributed by atoms with Crippen LogP contribution in [0.4, 0.5) is 0 Å². The summed E-state index contributed by atoms with van der Waals surface area (Å²) >= 11 is 0. The Balaban J connectivity index is 2.06. The first-order chi connectivity index (χ1) is 13.3. The third-order valence-corrected chi connectivity index (χ3v) is 6.57. The number of aromatic carboxylic acids is 1. The lowest BCUT2D eigenvalue weighted by Crippen LogP contribution is -2.53. The van der Waals surface area contributed by atoms with E-state index in [1.165, 1.54) is 0 Å². The maximum atomic E-state index is 11.8. The summed E-state index contributed by atoms with van der Waals surface area (Å²) in [6, 6.07) is 3.71. The molecule has 1 saturated heterocycles. The molecule has 1 aliphatic carbocycles. The minimum absolute atomic E-state index is 0.0235. The van der Waals surface area contributed by atoms with Crippen LogP contribution in [0, 0.1) is 19.3 Å². The molecule has 0 aromatic heterocycles. The summed E-state index contributed by atoms with van der Waals surface area (Å²) in [5.41, 5.74) is 1.31. The Morgan fingerprint density at radius 1 is 1.10 bits per heavy atom. The van der Waals surface area contributed by atoms with E-state index < -0.39 is 22.8 Å². The minimum atomic E-state index is -1.26. The average Bonchev–Trinajstić information content (AvgIpc) is 2.85. The number of aliphatic hydroxyl groups is 1. The quantitative estimate of drug-likeness (QED) is 0.723. The Morgan fingerprint density at radius 3 is 2.17 bits per heavy atom. The van der Waals surface area contributed by atoms with Gasteiger partial charge in [0.2, 0.25) is 0 Å². The molecule has 1 spiro atoms. The van der Waals surface area contributed by atoms with E-state index in [0.717, 1.165) is 11.1 Å². The maximum absolute atomic E-state index is 11.8. The number of aryl methyl sites for hydroxylation is 2. The van der Waals surface area contributed by atoms with Crippen molar-refractivity contribution in [3.05, 3.63) is 52.1 Å². The molecule has 1 heterocycles. The van der Waals surface area contributed by atoms with Gasteiger partial charge in [-0.15, -0.1) is 0 Å². The number of benzene rings is 1. The first-order valence-corrected chi connectivity index (χ1v) is 10.1. The van der Waals surface area contributed by atoms with Gasteiger partial charge in [0.1, 0.15) is 5.60 Å². The van der Waals surface area contributed by atoms with Gasteiger partial charge in [-0.1, -0.05) is 32.1 Å². The number of hydrogen-bond donors (Lipinski definition) is 2. The van der Waals surface area contributed by atoms with E-state index >= 15 is 0 Å².